The van der Waals surface area contributed by atoms with E-state index in [1.807, 2.05) is 36.7 Å². The predicted octanol–water partition coefficient (Wildman–Crippen LogP) is 3.92. The molecule has 0 bridgehead atoms. The quantitative estimate of drug-likeness (QED) is 0.690. The van der Waals surface area contributed by atoms with Crippen LogP contribution >= 0.6 is 0 Å². The fourth-order valence-electron chi connectivity index (χ4n) is 3.08. The van der Waals surface area contributed by atoms with E-state index in [4.69, 9.17) is 0 Å². The van der Waals surface area contributed by atoms with Crippen LogP contribution in [0.1, 0.15) is 28.9 Å². The number of aryl methyl sites for hydroxylation is 3. The van der Waals surface area contributed by atoms with Crippen LogP contribution in [0.5, 0.6) is 0 Å². The minimum absolute atomic E-state index is 0.0579. The lowest BCUT2D eigenvalue weighted by Crippen LogP contribution is -2.26. The molecule has 1 aromatic heterocycles. The van der Waals surface area contributed by atoms with E-state index in [0.717, 1.165) is 29.1 Å². The Morgan fingerprint density at radius 2 is 1.81 bits per heavy atom. The summed E-state index contributed by atoms with van der Waals surface area (Å²) in [7, 11) is 0. The van der Waals surface area contributed by atoms with Crippen LogP contribution in [0, 0.1) is 19.7 Å². The highest BCUT2D eigenvalue weighted by Gasteiger charge is 2.06. The molecule has 3 aromatic rings. The highest BCUT2D eigenvalue weighted by atomic mass is 19.1. The van der Waals surface area contributed by atoms with Gasteiger partial charge in [-0.05, 0) is 62.1 Å². The monoisotopic (exact) mass is 365 g/mol. The van der Waals surface area contributed by atoms with E-state index < -0.39 is 0 Å². The summed E-state index contributed by atoms with van der Waals surface area (Å²) in [5.41, 5.74) is 4.84. The number of benzene rings is 2. The lowest BCUT2D eigenvalue weighted by Gasteiger charge is -2.08. The van der Waals surface area contributed by atoms with Gasteiger partial charge in [-0.15, -0.1) is 0 Å². The van der Waals surface area contributed by atoms with Gasteiger partial charge in [0.25, 0.3) is 0 Å². The van der Waals surface area contributed by atoms with Gasteiger partial charge in [-0.25, -0.2) is 9.07 Å². The summed E-state index contributed by atoms with van der Waals surface area (Å²) in [4.78, 5) is 12.0. The van der Waals surface area contributed by atoms with Crippen molar-refractivity contribution in [3.8, 4) is 5.69 Å². The maximum atomic E-state index is 13.6. The van der Waals surface area contributed by atoms with E-state index in [-0.39, 0.29) is 18.1 Å². The molecule has 0 unspecified atom stereocenters. The Morgan fingerprint density at radius 1 is 1.07 bits per heavy atom. The Kier molecular flexibility index (Phi) is 6.01. The molecule has 0 spiro atoms. The van der Waals surface area contributed by atoms with Crippen LogP contribution in [-0.4, -0.2) is 22.2 Å². The molecule has 1 N–H and O–H groups in total. The first kappa shape index (κ1) is 18.8. The van der Waals surface area contributed by atoms with Crippen molar-refractivity contribution in [2.45, 2.75) is 33.1 Å². The average molecular weight is 365 g/mol. The standard InChI is InChI=1S/C22H24FN3O/c1-16-15-17(2)26(25-16)20-10-7-18(8-11-20)13-14-24-22(27)12-9-19-5-3-4-6-21(19)23/h3-8,10-11,15H,9,12-14H2,1-2H3,(H,24,27). The molecule has 5 heteroatoms. The van der Waals surface area contributed by atoms with Gasteiger partial charge in [-0.2, -0.15) is 5.10 Å². The number of nitrogens with one attached hydrogen (secondary N) is 1. The summed E-state index contributed by atoms with van der Waals surface area (Å²) < 4.78 is 15.5. The van der Waals surface area contributed by atoms with Gasteiger partial charge >= 0.3 is 0 Å². The Balaban J connectivity index is 1.45. The van der Waals surface area contributed by atoms with Gasteiger partial charge in [0.15, 0.2) is 0 Å². The van der Waals surface area contributed by atoms with E-state index >= 15 is 0 Å². The molecule has 0 saturated carbocycles. The van der Waals surface area contributed by atoms with Crippen LogP contribution in [0.2, 0.25) is 0 Å². The first-order valence-electron chi connectivity index (χ1n) is 9.15. The Morgan fingerprint density at radius 3 is 2.48 bits per heavy atom. The second kappa shape index (κ2) is 8.62. The largest absolute Gasteiger partial charge is 0.356 e. The van der Waals surface area contributed by atoms with Crippen molar-refractivity contribution in [2.24, 2.45) is 0 Å². The van der Waals surface area contributed by atoms with Crippen LogP contribution in [0.3, 0.4) is 0 Å². The lowest BCUT2D eigenvalue weighted by atomic mass is 10.1. The second-order valence-corrected chi connectivity index (χ2v) is 6.70. The van der Waals surface area contributed by atoms with E-state index in [2.05, 4.69) is 22.5 Å². The van der Waals surface area contributed by atoms with Gasteiger partial charge < -0.3 is 5.32 Å². The van der Waals surface area contributed by atoms with Crippen LogP contribution in [-0.2, 0) is 17.6 Å². The average Bonchev–Trinajstić information content (AvgIpc) is 3.00. The van der Waals surface area contributed by atoms with Crippen molar-refractivity contribution in [1.82, 2.24) is 15.1 Å². The fraction of sp³-hybridized carbons (Fsp3) is 0.273. The van der Waals surface area contributed by atoms with Gasteiger partial charge in [0.1, 0.15) is 5.82 Å². The molecule has 0 aliphatic heterocycles. The number of rotatable bonds is 7. The molecular weight excluding hydrogens is 341 g/mol. The summed E-state index contributed by atoms with van der Waals surface area (Å²) in [6.07, 6.45) is 1.45. The van der Waals surface area contributed by atoms with E-state index in [1.165, 1.54) is 6.07 Å². The summed E-state index contributed by atoms with van der Waals surface area (Å²) >= 11 is 0. The maximum Gasteiger partial charge on any atom is 0.220 e. The van der Waals surface area contributed by atoms with Crippen molar-refractivity contribution in [3.63, 3.8) is 0 Å². The van der Waals surface area contributed by atoms with Gasteiger partial charge in [-0.1, -0.05) is 30.3 Å². The normalized spacial score (nSPS) is 10.8. The third kappa shape index (κ3) is 5.03. The summed E-state index contributed by atoms with van der Waals surface area (Å²) in [5.74, 6) is -0.314. The molecule has 4 nitrogen and oxygen atoms in total. The number of carbonyl (C=O) groups excluding carboxylic acids is 1. The number of hydrogen-bond donors (Lipinski definition) is 1. The third-order valence-electron chi connectivity index (χ3n) is 4.51. The molecule has 0 aliphatic rings. The molecule has 140 valence electrons. The fourth-order valence-corrected chi connectivity index (χ4v) is 3.08. The minimum atomic E-state index is -0.256. The Hall–Kier alpha value is -2.95. The third-order valence-corrected chi connectivity index (χ3v) is 4.51. The first-order valence-corrected chi connectivity index (χ1v) is 9.15. The summed E-state index contributed by atoms with van der Waals surface area (Å²) in [6.45, 7) is 4.58. The lowest BCUT2D eigenvalue weighted by molar-refractivity contribution is -0.121. The minimum Gasteiger partial charge on any atom is -0.356 e. The smallest absolute Gasteiger partial charge is 0.220 e. The van der Waals surface area contributed by atoms with Crippen molar-refractivity contribution in [3.05, 3.63) is 82.9 Å². The summed E-state index contributed by atoms with van der Waals surface area (Å²) in [6, 6.07) is 16.8. The zero-order chi connectivity index (χ0) is 19.2. The van der Waals surface area contributed by atoms with E-state index in [9.17, 15) is 9.18 Å². The molecule has 27 heavy (non-hydrogen) atoms. The maximum absolute atomic E-state index is 13.6. The van der Waals surface area contributed by atoms with Crippen LogP contribution < -0.4 is 5.32 Å². The number of halogens is 1. The molecule has 0 atom stereocenters. The number of amides is 1. The van der Waals surface area contributed by atoms with Crippen LogP contribution in [0.4, 0.5) is 4.39 Å². The predicted molar refractivity (Wildman–Crippen MR) is 104 cm³/mol. The van der Waals surface area contributed by atoms with Crippen LogP contribution in [0.25, 0.3) is 5.69 Å². The highest BCUT2D eigenvalue weighted by molar-refractivity contribution is 5.76. The van der Waals surface area contributed by atoms with Crippen molar-refractivity contribution in [1.29, 1.82) is 0 Å². The molecule has 1 amide bonds. The first-order chi connectivity index (χ1) is 13.0. The van der Waals surface area contributed by atoms with Gasteiger partial charge in [-0.3, -0.25) is 4.79 Å². The molecule has 0 fully saturated rings. The SMILES string of the molecule is Cc1cc(C)n(-c2ccc(CCNC(=O)CCc3ccccc3F)cc2)n1. The molecule has 0 aliphatic carbocycles. The van der Waals surface area contributed by atoms with Crippen LogP contribution in [0.15, 0.2) is 54.6 Å². The number of hydrogen-bond acceptors (Lipinski definition) is 2. The molecule has 2 aromatic carbocycles. The number of aromatic nitrogens is 2. The highest BCUT2D eigenvalue weighted by Crippen LogP contribution is 2.13. The van der Waals surface area contributed by atoms with Crippen molar-refractivity contribution in [2.75, 3.05) is 6.54 Å². The van der Waals surface area contributed by atoms with E-state index in [1.54, 1.807) is 18.2 Å². The molecular formula is C22H24FN3O. The van der Waals surface area contributed by atoms with Gasteiger partial charge in [0.2, 0.25) is 5.91 Å². The Bertz CT molecular complexity index is 916. The second-order valence-electron chi connectivity index (χ2n) is 6.70. The summed E-state index contributed by atoms with van der Waals surface area (Å²) in [5, 5.41) is 7.38. The molecule has 1 heterocycles. The molecule has 3 rings (SSSR count). The van der Waals surface area contributed by atoms with Gasteiger partial charge in [0.05, 0.1) is 11.4 Å². The van der Waals surface area contributed by atoms with Crippen molar-refractivity contribution < 1.29 is 9.18 Å². The van der Waals surface area contributed by atoms with E-state index in [0.29, 0.717) is 18.5 Å². The number of nitrogens with zero attached hydrogens (tertiary/aromatic N) is 2. The number of carbonyl (C=O) groups is 1. The molecule has 0 saturated heterocycles. The zero-order valence-corrected chi connectivity index (χ0v) is 15.7. The Labute approximate surface area is 159 Å². The zero-order valence-electron chi connectivity index (χ0n) is 15.7. The molecule has 0 radical (unpaired) electrons. The topological polar surface area (TPSA) is 46.9 Å². The van der Waals surface area contributed by atoms with Crippen molar-refractivity contribution >= 4 is 5.91 Å². The van der Waals surface area contributed by atoms with Gasteiger partial charge in [0, 0.05) is 18.7 Å².